The van der Waals surface area contributed by atoms with Gasteiger partial charge in [-0.25, -0.2) is 4.98 Å². The topological polar surface area (TPSA) is 12.9 Å². The van der Waals surface area contributed by atoms with Gasteiger partial charge in [-0.2, -0.15) is 0 Å². The van der Waals surface area contributed by atoms with Gasteiger partial charge in [-0.05, 0) is 42.4 Å². The summed E-state index contributed by atoms with van der Waals surface area (Å²) in [4.78, 5) is 4.52. The van der Waals surface area contributed by atoms with Crippen molar-refractivity contribution in [3.05, 3.63) is 51.0 Å². The van der Waals surface area contributed by atoms with Crippen LogP contribution in [0.2, 0.25) is 0 Å². The van der Waals surface area contributed by atoms with E-state index in [1.807, 2.05) is 0 Å². The van der Waals surface area contributed by atoms with Gasteiger partial charge in [0.15, 0.2) is 0 Å². The molecule has 3 rings (SSSR count). The van der Waals surface area contributed by atoms with Crippen molar-refractivity contribution in [1.29, 1.82) is 0 Å². The van der Waals surface area contributed by atoms with Crippen molar-refractivity contribution in [2.45, 2.75) is 38.0 Å². The highest BCUT2D eigenvalue weighted by Gasteiger charge is 2.10. The van der Waals surface area contributed by atoms with Gasteiger partial charge < -0.3 is 0 Å². The van der Waals surface area contributed by atoms with E-state index < -0.39 is 0 Å². The van der Waals surface area contributed by atoms with E-state index in [4.69, 9.17) is 11.6 Å². The van der Waals surface area contributed by atoms with Crippen LogP contribution >= 0.6 is 22.9 Å². The van der Waals surface area contributed by atoms with Crippen LogP contribution < -0.4 is 0 Å². The van der Waals surface area contributed by atoms with Crippen LogP contribution in [0, 0.1) is 0 Å². The second-order valence-electron chi connectivity index (χ2n) is 4.85. The molecule has 0 saturated carbocycles. The van der Waals surface area contributed by atoms with Crippen LogP contribution in [0.4, 0.5) is 0 Å². The number of halogens is 1. The molecule has 1 aromatic carbocycles. The first-order chi connectivity index (χ1) is 8.85. The molecule has 0 aliphatic heterocycles. The molecular weight excluding hydrogens is 262 g/mol. The molecule has 0 spiro atoms. The Labute approximate surface area is 117 Å². The molecule has 1 heterocycles. The quantitative estimate of drug-likeness (QED) is 0.760. The molecule has 0 amide bonds. The highest BCUT2D eigenvalue weighted by molar-refractivity contribution is 7.09. The van der Waals surface area contributed by atoms with Crippen molar-refractivity contribution in [3.63, 3.8) is 0 Å². The van der Waals surface area contributed by atoms with Gasteiger partial charge in [0.2, 0.25) is 0 Å². The summed E-state index contributed by atoms with van der Waals surface area (Å²) in [5.74, 6) is 0.515. The molecule has 0 atom stereocenters. The predicted molar refractivity (Wildman–Crippen MR) is 77.6 cm³/mol. The van der Waals surface area contributed by atoms with E-state index in [1.54, 1.807) is 22.5 Å². The third-order valence-corrected chi connectivity index (χ3v) is 4.68. The van der Waals surface area contributed by atoms with E-state index in [1.165, 1.54) is 36.3 Å². The van der Waals surface area contributed by atoms with Gasteiger partial charge in [0.1, 0.15) is 0 Å². The fraction of sp³-hybridized carbons (Fsp3) is 0.400. The molecule has 94 valence electrons. The zero-order chi connectivity index (χ0) is 12.4. The van der Waals surface area contributed by atoms with Crippen molar-refractivity contribution in [3.8, 4) is 0 Å². The highest BCUT2D eigenvalue weighted by atomic mass is 35.5. The zero-order valence-electron chi connectivity index (χ0n) is 10.3. The lowest BCUT2D eigenvalue weighted by molar-refractivity contribution is 0.684. The second kappa shape index (κ2) is 5.41. The second-order valence-corrected chi connectivity index (χ2v) is 6.06. The fourth-order valence-corrected chi connectivity index (χ4v) is 3.62. The SMILES string of the molecule is ClCc1csc(Cc2ccc3c(c2)CCCC3)n1. The van der Waals surface area contributed by atoms with Crippen molar-refractivity contribution in [2.24, 2.45) is 0 Å². The van der Waals surface area contributed by atoms with Gasteiger partial charge in [0.25, 0.3) is 0 Å². The molecule has 0 bridgehead atoms. The maximum atomic E-state index is 5.78. The first kappa shape index (κ1) is 12.2. The van der Waals surface area contributed by atoms with Crippen LogP contribution in [0.15, 0.2) is 23.6 Å². The minimum absolute atomic E-state index is 0.515. The van der Waals surface area contributed by atoms with Gasteiger partial charge in [0, 0.05) is 11.8 Å². The summed E-state index contributed by atoms with van der Waals surface area (Å²) >= 11 is 7.49. The van der Waals surface area contributed by atoms with Crippen LogP contribution in [0.25, 0.3) is 0 Å². The average Bonchev–Trinajstić information content (AvgIpc) is 2.86. The Morgan fingerprint density at radius 2 is 2.00 bits per heavy atom. The fourth-order valence-electron chi connectivity index (χ4n) is 2.56. The lowest BCUT2D eigenvalue weighted by Gasteiger charge is -2.16. The lowest BCUT2D eigenvalue weighted by atomic mass is 9.90. The summed E-state index contributed by atoms with van der Waals surface area (Å²) in [6.07, 6.45) is 6.12. The number of benzene rings is 1. The average molecular weight is 278 g/mol. The Bertz CT molecular complexity index is 547. The standard InChI is InChI=1S/C15H16ClNS/c16-9-14-10-18-15(17-14)8-11-5-6-12-3-1-2-4-13(12)7-11/h5-7,10H,1-4,8-9H2. The van der Waals surface area contributed by atoms with Crippen molar-refractivity contribution in [1.82, 2.24) is 4.98 Å². The molecule has 0 saturated heterocycles. The molecule has 0 fully saturated rings. The molecule has 18 heavy (non-hydrogen) atoms. The van der Waals surface area contributed by atoms with Crippen molar-refractivity contribution < 1.29 is 0 Å². The molecule has 3 heteroatoms. The minimum atomic E-state index is 0.515. The molecule has 1 aromatic heterocycles. The summed E-state index contributed by atoms with van der Waals surface area (Å²) in [6, 6.07) is 6.93. The van der Waals surface area contributed by atoms with Gasteiger partial charge in [0.05, 0.1) is 16.6 Å². The number of hydrogen-bond acceptors (Lipinski definition) is 2. The number of rotatable bonds is 3. The lowest BCUT2D eigenvalue weighted by Crippen LogP contribution is -2.03. The summed E-state index contributed by atoms with van der Waals surface area (Å²) in [7, 11) is 0. The maximum Gasteiger partial charge on any atom is 0.0972 e. The van der Waals surface area contributed by atoms with E-state index in [9.17, 15) is 0 Å². The number of thiazole rings is 1. The largest absolute Gasteiger partial charge is 0.245 e. The van der Waals surface area contributed by atoms with E-state index in [2.05, 4.69) is 28.6 Å². The zero-order valence-corrected chi connectivity index (χ0v) is 11.9. The molecule has 1 aliphatic carbocycles. The van der Waals surface area contributed by atoms with E-state index in [0.717, 1.165) is 12.1 Å². The molecule has 0 radical (unpaired) electrons. The minimum Gasteiger partial charge on any atom is -0.245 e. The van der Waals surface area contributed by atoms with Crippen LogP contribution in [0.3, 0.4) is 0 Å². The highest BCUT2D eigenvalue weighted by Crippen LogP contribution is 2.24. The Hall–Kier alpha value is -0.860. The number of hydrogen-bond donors (Lipinski definition) is 0. The molecular formula is C15H16ClNS. The Kier molecular flexibility index (Phi) is 3.67. The summed E-state index contributed by atoms with van der Waals surface area (Å²) < 4.78 is 0. The summed E-state index contributed by atoms with van der Waals surface area (Å²) in [5.41, 5.74) is 5.47. The van der Waals surface area contributed by atoms with Crippen LogP contribution in [-0.2, 0) is 25.1 Å². The molecule has 2 aromatic rings. The smallest absolute Gasteiger partial charge is 0.0972 e. The maximum absolute atomic E-state index is 5.78. The third kappa shape index (κ3) is 2.60. The summed E-state index contributed by atoms with van der Waals surface area (Å²) in [5, 5.41) is 3.22. The van der Waals surface area contributed by atoms with Gasteiger partial charge in [-0.1, -0.05) is 18.2 Å². The molecule has 1 nitrogen and oxygen atoms in total. The van der Waals surface area contributed by atoms with Gasteiger partial charge in [-0.15, -0.1) is 22.9 Å². The Morgan fingerprint density at radius 3 is 2.78 bits per heavy atom. The third-order valence-electron chi connectivity index (χ3n) is 3.50. The van der Waals surface area contributed by atoms with E-state index in [-0.39, 0.29) is 0 Å². The van der Waals surface area contributed by atoms with Crippen LogP contribution in [0.1, 0.15) is 40.2 Å². The number of alkyl halides is 1. The number of fused-ring (bicyclic) bond motifs is 1. The molecule has 0 unspecified atom stereocenters. The Balaban J connectivity index is 1.80. The number of nitrogens with zero attached hydrogens (tertiary/aromatic N) is 1. The van der Waals surface area contributed by atoms with Gasteiger partial charge in [-0.3, -0.25) is 0 Å². The van der Waals surface area contributed by atoms with Crippen LogP contribution in [-0.4, -0.2) is 4.98 Å². The van der Waals surface area contributed by atoms with Crippen molar-refractivity contribution >= 4 is 22.9 Å². The van der Waals surface area contributed by atoms with Crippen molar-refractivity contribution in [2.75, 3.05) is 0 Å². The first-order valence-electron chi connectivity index (χ1n) is 6.45. The molecule has 0 N–H and O–H groups in total. The monoisotopic (exact) mass is 277 g/mol. The Morgan fingerprint density at radius 1 is 1.17 bits per heavy atom. The van der Waals surface area contributed by atoms with E-state index in [0.29, 0.717) is 5.88 Å². The number of aryl methyl sites for hydroxylation is 2. The first-order valence-corrected chi connectivity index (χ1v) is 7.86. The summed E-state index contributed by atoms with van der Waals surface area (Å²) in [6.45, 7) is 0. The van der Waals surface area contributed by atoms with E-state index >= 15 is 0 Å². The number of aromatic nitrogens is 1. The molecule has 1 aliphatic rings. The van der Waals surface area contributed by atoms with Gasteiger partial charge >= 0.3 is 0 Å². The normalized spacial score (nSPS) is 14.5. The predicted octanol–water partition coefficient (Wildman–Crippen LogP) is 4.35. The van der Waals surface area contributed by atoms with Crippen LogP contribution in [0.5, 0.6) is 0 Å².